The predicted octanol–water partition coefficient (Wildman–Crippen LogP) is 7.27. The number of hydrogen-bond acceptors (Lipinski definition) is 3. The van der Waals surface area contributed by atoms with Gasteiger partial charge >= 0.3 is 0 Å². The topological polar surface area (TPSA) is 42.9 Å². The molecule has 0 aliphatic heterocycles. The quantitative estimate of drug-likeness (QED) is 0.292. The van der Waals surface area contributed by atoms with Crippen LogP contribution < -0.4 is 0 Å². The number of rotatable bonds is 12. The van der Waals surface area contributed by atoms with E-state index in [-0.39, 0.29) is 5.78 Å². The first-order valence-corrected chi connectivity index (χ1v) is 10.7. The van der Waals surface area contributed by atoms with E-state index in [2.05, 4.69) is 16.9 Å². The fraction of sp³-hybridized carbons (Fsp3) is 0.542. The maximum Gasteiger partial charge on any atom is 0.164 e. The summed E-state index contributed by atoms with van der Waals surface area (Å²) in [5, 5.41) is 0. The van der Waals surface area contributed by atoms with Gasteiger partial charge in [0.15, 0.2) is 5.78 Å². The maximum atomic E-state index is 12.2. The van der Waals surface area contributed by atoms with E-state index in [1.54, 1.807) is 12.4 Å². The minimum Gasteiger partial charge on any atom is -0.294 e. The van der Waals surface area contributed by atoms with Gasteiger partial charge < -0.3 is 0 Å². The zero-order chi connectivity index (χ0) is 19.7. The van der Waals surface area contributed by atoms with Crippen LogP contribution in [0.2, 0.25) is 0 Å². The number of unbranched alkanes of at least 4 members (excludes halogenated alkanes) is 8. The molecule has 3 nitrogen and oxygen atoms in total. The second-order valence-corrected chi connectivity index (χ2v) is 6.65. The number of Topliss-reactive ketones (excluding diaryl/α,β-unsaturated/α-hetero) is 1. The molecular formula is C24H36N2O. The van der Waals surface area contributed by atoms with Crippen molar-refractivity contribution < 1.29 is 4.79 Å². The molecule has 2 heterocycles. The summed E-state index contributed by atoms with van der Waals surface area (Å²) in [6.45, 7) is 6.25. The number of aromatic nitrogens is 2. The van der Waals surface area contributed by atoms with Crippen LogP contribution >= 0.6 is 0 Å². The molecule has 27 heavy (non-hydrogen) atoms. The summed E-state index contributed by atoms with van der Waals surface area (Å²) >= 11 is 0. The highest BCUT2D eigenvalue weighted by molar-refractivity contribution is 5.95. The molecule has 0 atom stereocenters. The molecule has 0 aromatic carbocycles. The highest BCUT2D eigenvalue weighted by Crippen LogP contribution is 2.16. The molecule has 2 aromatic rings. The van der Waals surface area contributed by atoms with Crippen molar-refractivity contribution in [2.45, 2.75) is 85.0 Å². The summed E-state index contributed by atoms with van der Waals surface area (Å²) in [6, 6.07) is 9.49. The number of ketones is 1. The molecule has 0 fully saturated rings. The maximum absolute atomic E-state index is 12.2. The molecule has 0 saturated heterocycles. The first-order chi connectivity index (χ1) is 13.3. The summed E-state index contributed by atoms with van der Waals surface area (Å²) in [6.07, 6.45) is 15.5. The standard InChI is InChI=1S/C22H30N2O.C2H6/c1-2-3-4-5-6-7-8-9-10-14-22(25)19-15-16-21(24-18-19)20-13-11-12-17-23-20;1-2/h11-13,15-18H,2-10,14H2,1H3;1-2H3. The molecule has 0 aliphatic carbocycles. The van der Waals surface area contributed by atoms with Crippen molar-refractivity contribution in [1.82, 2.24) is 9.97 Å². The smallest absolute Gasteiger partial charge is 0.164 e. The zero-order valence-corrected chi connectivity index (χ0v) is 17.4. The summed E-state index contributed by atoms with van der Waals surface area (Å²) in [4.78, 5) is 20.9. The second kappa shape index (κ2) is 15.1. The van der Waals surface area contributed by atoms with Crippen LogP contribution in [-0.2, 0) is 0 Å². The molecule has 0 saturated carbocycles. The second-order valence-electron chi connectivity index (χ2n) is 6.65. The molecule has 0 spiro atoms. The van der Waals surface area contributed by atoms with Gasteiger partial charge in [-0.25, -0.2) is 0 Å². The van der Waals surface area contributed by atoms with Crippen molar-refractivity contribution in [2.75, 3.05) is 0 Å². The van der Waals surface area contributed by atoms with E-state index in [4.69, 9.17) is 0 Å². The Morgan fingerprint density at radius 1 is 0.778 bits per heavy atom. The molecule has 148 valence electrons. The van der Waals surface area contributed by atoms with Crippen molar-refractivity contribution in [2.24, 2.45) is 0 Å². The third kappa shape index (κ3) is 9.46. The van der Waals surface area contributed by atoms with Gasteiger partial charge in [-0.15, -0.1) is 0 Å². The lowest BCUT2D eigenvalue weighted by Gasteiger charge is -2.04. The van der Waals surface area contributed by atoms with Gasteiger partial charge in [-0.3, -0.25) is 14.8 Å². The molecular weight excluding hydrogens is 332 g/mol. The molecule has 2 aromatic heterocycles. The van der Waals surface area contributed by atoms with Gasteiger partial charge in [0.25, 0.3) is 0 Å². The highest BCUT2D eigenvalue weighted by atomic mass is 16.1. The molecule has 0 amide bonds. The molecule has 0 radical (unpaired) electrons. The molecule has 0 unspecified atom stereocenters. The SMILES string of the molecule is CC.CCCCCCCCCCCC(=O)c1ccc(-c2ccccn2)nc1. The average molecular weight is 369 g/mol. The van der Waals surface area contributed by atoms with Crippen LogP contribution in [0.4, 0.5) is 0 Å². The third-order valence-electron chi connectivity index (χ3n) is 4.52. The Morgan fingerprint density at radius 2 is 1.41 bits per heavy atom. The molecule has 0 aliphatic rings. The Morgan fingerprint density at radius 3 is 1.96 bits per heavy atom. The van der Waals surface area contributed by atoms with Crippen LogP contribution in [0, 0.1) is 0 Å². The molecule has 2 rings (SSSR count). The molecule has 3 heteroatoms. The van der Waals surface area contributed by atoms with Crippen LogP contribution in [0.1, 0.15) is 95.3 Å². The molecule has 0 N–H and O–H groups in total. The van der Waals surface area contributed by atoms with E-state index in [1.165, 1.54) is 44.9 Å². The van der Waals surface area contributed by atoms with E-state index < -0.39 is 0 Å². The Bertz CT molecular complexity index is 608. The lowest BCUT2D eigenvalue weighted by atomic mass is 10.0. The normalized spacial score (nSPS) is 10.2. The lowest BCUT2D eigenvalue weighted by Crippen LogP contribution is -2.00. The van der Waals surface area contributed by atoms with Gasteiger partial charge in [0.1, 0.15) is 0 Å². The van der Waals surface area contributed by atoms with Gasteiger partial charge in [0, 0.05) is 24.4 Å². The van der Waals surface area contributed by atoms with Crippen LogP contribution in [0.15, 0.2) is 42.7 Å². The van der Waals surface area contributed by atoms with Crippen molar-refractivity contribution in [3.63, 3.8) is 0 Å². The summed E-state index contributed by atoms with van der Waals surface area (Å²) in [5.41, 5.74) is 2.35. The van der Waals surface area contributed by atoms with Crippen LogP contribution in [0.5, 0.6) is 0 Å². The van der Waals surface area contributed by atoms with E-state index in [9.17, 15) is 4.79 Å². The Hall–Kier alpha value is -2.03. The van der Waals surface area contributed by atoms with Crippen LogP contribution in [-0.4, -0.2) is 15.8 Å². The van der Waals surface area contributed by atoms with Gasteiger partial charge in [-0.05, 0) is 30.7 Å². The Kier molecular flexibility index (Phi) is 12.8. The van der Waals surface area contributed by atoms with Gasteiger partial charge in [-0.2, -0.15) is 0 Å². The highest BCUT2D eigenvalue weighted by Gasteiger charge is 2.07. The van der Waals surface area contributed by atoms with Crippen LogP contribution in [0.25, 0.3) is 11.4 Å². The van der Waals surface area contributed by atoms with E-state index >= 15 is 0 Å². The fourth-order valence-corrected chi connectivity index (χ4v) is 2.97. The van der Waals surface area contributed by atoms with Crippen molar-refractivity contribution in [3.05, 3.63) is 48.3 Å². The monoisotopic (exact) mass is 368 g/mol. The Balaban J connectivity index is 0.00000176. The van der Waals surface area contributed by atoms with Gasteiger partial charge in [-0.1, -0.05) is 78.2 Å². The first-order valence-electron chi connectivity index (χ1n) is 10.7. The van der Waals surface area contributed by atoms with Gasteiger partial charge in [0.2, 0.25) is 0 Å². The third-order valence-corrected chi connectivity index (χ3v) is 4.52. The lowest BCUT2D eigenvalue weighted by molar-refractivity contribution is 0.0979. The first kappa shape index (κ1) is 23.0. The summed E-state index contributed by atoms with van der Waals surface area (Å²) in [5.74, 6) is 0.197. The number of carbonyl (C=O) groups excluding carboxylic acids is 1. The van der Waals surface area contributed by atoms with E-state index in [1.807, 2.05) is 44.2 Å². The average Bonchev–Trinajstić information content (AvgIpc) is 2.74. The van der Waals surface area contributed by atoms with Crippen molar-refractivity contribution >= 4 is 5.78 Å². The fourth-order valence-electron chi connectivity index (χ4n) is 2.97. The van der Waals surface area contributed by atoms with E-state index in [0.717, 1.165) is 24.2 Å². The van der Waals surface area contributed by atoms with Crippen LogP contribution in [0.3, 0.4) is 0 Å². The minimum atomic E-state index is 0.197. The largest absolute Gasteiger partial charge is 0.294 e. The van der Waals surface area contributed by atoms with Crippen molar-refractivity contribution in [1.29, 1.82) is 0 Å². The van der Waals surface area contributed by atoms with E-state index in [0.29, 0.717) is 12.0 Å². The zero-order valence-electron chi connectivity index (χ0n) is 17.4. The molecule has 0 bridgehead atoms. The number of hydrogen-bond donors (Lipinski definition) is 0. The van der Waals surface area contributed by atoms with Crippen molar-refractivity contribution in [3.8, 4) is 11.4 Å². The number of pyridine rings is 2. The predicted molar refractivity (Wildman–Crippen MR) is 115 cm³/mol. The number of carbonyl (C=O) groups is 1. The van der Waals surface area contributed by atoms with Gasteiger partial charge in [0.05, 0.1) is 11.4 Å². The number of nitrogens with zero attached hydrogens (tertiary/aromatic N) is 2. The summed E-state index contributed by atoms with van der Waals surface area (Å²) < 4.78 is 0. The minimum absolute atomic E-state index is 0.197. The Labute approximate surface area is 165 Å². The summed E-state index contributed by atoms with van der Waals surface area (Å²) in [7, 11) is 0.